The molecule has 0 spiro atoms. The van der Waals surface area contributed by atoms with Crippen molar-refractivity contribution < 1.29 is 10.2 Å². The van der Waals surface area contributed by atoms with Gasteiger partial charge in [0.05, 0.1) is 12.2 Å². The van der Waals surface area contributed by atoms with Crippen molar-refractivity contribution in [3.63, 3.8) is 0 Å². The van der Waals surface area contributed by atoms with Crippen LogP contribution in [0, 0.1) is 11.3 Å². The van der Waals surface area contributed by atoms with Gasteiger partial charge in [-0.15, -0.1) is 0 Å². The number of hydrogen-bond acceptors (Lipinski definition) is 3. The van der Waals surface area contributed by atoms with E-state index in [4.69, 9.17) is 5.73 Å². The third-order valence-electron chi connectivity index (χ3n) is 6.76. The van der Waals surface area contributed by atoms with Gasteiger partial charge in [-0.25, -0.2) is 0 Å². The minimum atomic E-state index is -0.267. The predicted molar refractivity (Wildman–Crippen MR) is 82.6 cm³/mol. The van der Waals surface area contributed by atoms with Crippen molar-refractivity contribution in [2.24, 2.45) is 17.1 Å². The standard InChI is InChI=1S/C18H27NO2/c1-17-6-7-18(19)14-5-3-12(20)8-11(14)2-4-15(18)16(17)9-13(21)10-17/h8,12-14,20-21H,2-7,9-10,19H2,1H3/t12?,13-,14?,17?,18+/m1/s1. The Morgan fingerprint density at radius 3 is 2.76 bits per heavy atom. The first kappa shape index (κ1) is 14.0. The van der Waals surface area contributed by atoms with E-state index in [2.05, 4.69) is 13.0 Å². The molecule has 0 radical (unpaired) electrons. The third-order valence-corrected chi connectivity index (χ3v) is 6.76. The number of aliphatic hydroxyl groups excluding tert-OH is 2. The molecule has 0 bridgehead atoms. The molecule has 3 heteroatoms. The Bertz CT molecular complexity index is 537. The van der Waals surface area contributed by atoms with Gasteiger partial charge in [-0.2, -0.15) is 0 Å². The van der Waals surface area contributed by atoms with E-state index in [9.17, 15) is 10.2 Å². The first-order chi connectivity index (χ1) is 9.92. The summed E-state index contributed by atoms with van der Waals surface area (Å²) in [5.41, 5.74) is 11.3. The van der Waals surface area contributed by atoms with Crippen LogP contribution in [0.15, 0.2) is 22.8 Å². The van der Waals surface area contributed by atoms with Crippen LogP contribution >= 0.6 is 0 Å². The van der Waals surface area contributed by atoms with Gasteiger partial charge >= 0.3 is 0 Å². The van der Waals surface area contributed by atoms with Crippen LogP contribution in [0.2, 0.25) is 0 Å². The van der Waals surface area contributed by atoms with Crippen LogP contribution in [0.4, 0.5) is 0 Å². The molecule has 4 rings (SSSR count). The van der Waals surface area contributed by atoms with Crippen molar-refractivity contribution >= 4 is 0 Å². The van der Waals surface area contributed by atoms with E-state index in [1.54, 1.807) is 0 Å². The van der Waals surface area contributed by atoms with Crippen LogP contribution in [0.1, 0.15) is 58.3 Å². The molecule has 3 unspecified atom stereocenters. The highest BCUT2D eigenvalue weighted by atomic mass is 16.3. The molecule has 3 nitrogen and oxygen atoms in total. The maximum absolute atomic E-state index is 10.1. The lowest BCUT2D eigenvalue weighted by Gasteiger charge is -2.53. The molecule has 4 aliphatic carbocycles. The van der Waals surface area contributed by atoms with Crippen molar-refractivity contribution in [3.05, 3.63) is 22.8 Å². The van der Waals surface area contributed by atoms with Crippen molar-refractivity contribution in [1.82, 2.24) is 0 Å². The molecule has 116 valence electrons. The Balaban J connectivity index is 1.79. The van der Waals surface area contributed by atoms with Gasteiger partial charge in [-0.05, 0) is 62.4 Å². The highest BCUT2D eigenvalue weighted by Crippen LogP contribution is 2.59. The summed E-state index contributed by atoms with van der Waals surface area (Å²) in [4.78, 5) is 0. The molecule has 4 aliphatic rings. The summed E-state index contributed by atoms with van der Waals surface area (Å²) in [5, 5.41) is 20.0. The monoisotopic (exact) mass is 289 g/mol. The highest BCUT2D eigenvalue weighted by Gasteiger charge is 2.53. The zero-order valence-corrected chi connectivity index (χ0v) is 12.9. The molecule has 2 fully saturated rings. The van der Waals surface area contributed by atoms with Gasteiger partial charge < -0.3 is 15.9 Å². The van der Waals surface area contributed by atoms with Gasteiger partial charge in [0.25, 0.3) is 0 Å². The number of nitrogens with two attached hydrogens (primary N) is 1. The van der Waals surface area contributed by atoms with Gasteiger partial charge in [0.2, 0.25) is 0 Å². The van der Waals surface area contributed by atoms with Crippen molar-refractivity contribution in [2.45, 2.75) is 76.0 Å². The maximum Gasteiger partial charge on any atom is 0.0723 e. The van der Waals surface area contributed by atoms with Crippen molar-refractivity contribution in [2.75, 3.05) is 0 Å². The summed E-state index contributed by atoms with van der Waals surface area (Å²) in [6, 6.07) is 0. The number of rotatable bonds is 0. The second-order valence-corrected chi connectivity index (χ2v) is 8.06. The fourth-order valence-corrected chi connectivity index (χ4v) is 5.71. The summed E-state index contributed by atoms with van der Waals surface area (Å²) in [7, 11) is 0. The van der Waals surface area contributed by atoms with Gasteiger partial charge in [0.1, 0.15) is 0 Å². The van der Waals surface area contributed by atoms with Gasteiger partial charge in [-0.3, -0.25) is 0 Å². The van der Waals surface area contributed by atoms with E-state index < -0.39 is 0 Å². The Morgan fingerprint density at radius 2 is 1.95 bits per heavy atom. The normalized spacial score (nSPS) is 49.3. The zero-order valence-electron chi connectivity index (χ0n) is 12.9. The fraction of sp³-hybridized carbons (Fsp3) is 0.778. The summed E-state index contributed by atoms with van der Waals surface area (Å²) in [6.45, 7) is 2.32. The number of hydrogen-bond donors (Lipinski definition) is 3. The summed E-state index contributed by atoms with van der Waals surface area (Å²) in [5.74, 6) is 0.416. The van der Waals surface area contributed by atoms with E-state index in [-0.39, 0.29) is 23.2 Å². The Hall–Kier alpha value is -0.640. The predicted octanol–water partition coefficient (Wildman–Crippen LogP) is 2.43. The van der Waals surface area contributed by atoms with Crippen LogP contribution in [-0.2, 0) is 0 Å². The van der Waals surface area contributed by atoms with Crippen LogP contribution in [-0.4, -0.2) is 28.0 Å². The lowest BCUT2D eigenvalue weighted by molar-refractivity contribution is 0.138. The largest absolute Gasteiger partial charge is 0.393 e. The molecule has 21 heavy (non-hydrogen) atoms. The second kappa shape index (κ2) is 4.43. The van der Waals surface area contributed by atoms with Gasteiger partial charge in [0.15, 0.2) is 0 Å². The maximum atomic E-state index is 10.1. The molecule has 0 amide bonds. The van der Waals surface area contributed by atoms with Crippen LogP contribution in [0.5, 0.6) is 0 Å². The van der Waals surface area contributed by atoms with E-state index in [0.29, 0.717) is 5.92 Å². The molecule has 0 aromatic rings. The minimum absolute atomic E-state index is 0.176. The van der Waals surface area contributed by atoms with Crippen molar-refractivity contribution in [1.29, 1.82) is 0 Å². The fourth-order valence-electron chi connectivity index (χ4n) is 5.71. The first-order valence-electron chi connectivity index (χ1n) is 8.51. The number of fused-ring (bicyclic) bond motifs is 4. The molecule has 0 aromatic carbocycles. The molecule has 0 heterocycles. The second-order valence-electron chi connectivity index (χ2n) is 8.06. The molecular weight excluding hydrogens is 262 g/mol. The van der Waals surface area contributed by atoms with E-state index in [0.717, 1.165) is 51.4 Å². The Kier molecular flexibility index (Phi) is 2.95. The highest BCUT2D eigenvalue weighted by molar-refractivity contribution is 5.43. The summed E-state index contributed by atoms with van der Waals surface area (Å²) in [6.07, 6.45) is 9.44. The Labute approximate surface area is 126 Å². The van der Waals surface area contributed by atoms with E-state index in [1.807, 2.05) is 0 Å². The zero-order chi connectivity index (χ0) is 14.8. The van der Waals surface area contributed by atoms with Gasteiger partial charge in [0, 0.05) is 11.5 Å². The lowest BCUT2D eigenvalue weighted by atomic mass is 9.55. The molecule has 2 saturated carbocycles. The average Bonchev–Trinajstić information content (AvgIpc) is 2.73. The first-order valence-corrected chi connectivity index (χ1v) is 8.51. The third kappa shape index (κ3) is 1.90. The SMILES string of the molecule is CC12CC[C@@]3(N)C(=C1C[C@@H](O)C2)CCC1=CC(O)CCC13. The van der Waals surface area contributed by atoms with Crippen LogP contribution < -0.4 is 5.73 Å². The topological polar surface area (TPSA) is 66.5 Å². The molecular formula is C18H27NO2. The quantitative estimate of drug-likeness (QED) is 0.600. The lowest BCUT2D eigenvalue weighted by Crippen LogP contribution is -2.56. The van der Waals surface area contributed by atoms with E-state index in [1.165, 1.54) is 16.7 Å². The van der Waals surface area contributed by atoms with Crippen molar-refractivity contribution in [3.8, 4) is 0 Å². The summed E-state index contributed by atoms with van der Waals surface area (Å²) >= 11 is 0. The molecule has 0 aliphatic heterocycles. The average molecular weight is 289 g/mol. The molecule has 0 saturated heterocycles. The molecule has 4 N–H and O–H groups in total. The summed E-state index contributed by atoms with van der Waals surface area (Å²) < 4.78 is 0. The number of aliphatic hydroxyl groups is 2. The van der Waals surface area contributed by atoms with E-state index >= 15 is 0 Å². The van der Waals surface area contributed by atoms with Crippen LogP contribution in [0.3, 0.4) is 0 Å². The minimum Gasteiger partial charge on any atom is -0.393 e. The van der Waals surface area contributed by atoms with Gasteiger partial charge in [-0.1, -0.05) is 24.1 Å². The van der Waals surface area contributed by atoms with Crippen LogP contribution in [0.25, 0.3) is 0 Å². The Morgan fingerprint density at radius 1 is 1.14 bits per heavy atom. The molecule has 5 atom stereocenters. The molecule has 0 aromatic heterocycles. The smallest absolute Gasteiger partial charge is 0.0723 e.